The SMILES string of the molecule is COc1cccc([C@@H](N)C#N)c1.Cl. The van der Waals surface area contributed by atoms with Gasteiger partial charge in [-0.3, -0.25) is 0 Å². The first-order valence-corrected chi connectivity index (χ1v) is 3.57. The zero-order chi connectivity index (χ0) is 8.97. The van der Waals surface area contributed by atoms with Crippen LogP contribution < -0.4 is 10.5 Å². The number of benzene rings is 1. The van der Waals surface area contributed by atoms with E-state index in [0.717, 1.165) is 11.3 Å². The Morgan fingerprint density at radius 2 is 2.23 bits per heavy atom. The lowest BCUT2D eigenvalue weighted by molar-refractivity contribution is 0.414. The molecule has 0 heterocycles. The zero-order valence-electron chi connectivity index (χ0n) is 7.23. The molecule has 0 saturated carbocycles. The van der Waals surface area contributed by atoms with Crippen molar-refractivity contribution < 1.29 is 4.74 Å². The van der Waals surface area contributed by atoms with Crippen LogP contribution in [0.25, 0.3) is 0 Å². The summed E-state index contributed by atoms with van der Waals surface area (Å²) >= 11 is 0. The highest BCUT2D eigenvalue weighted by atomic mass is 35.5. The Kier molecular flexibility index (Phi) is 4.90. The van der Waals surface area contributed by atoms with Crippen LogP contribution in [0.5, 0.6) is 5.75 Å². The van der Waals surface area contributed by atoms with Crippen molar-refractivity contribution in [2.24, 2.45) is 5.73 Å². The van der Waals surface area contributed by atoms with E-state index in [1.807, 2.05) is 18.2 Å². The van der Waals surface area contributed by atoms with E-state index >= 15 is 0 Å². The molecule has 0 fully saturated rings. The Morgan fingerprint density at radius 1 is 1.54 bits per heavy atom. The molecule has 3 nitrogen and oxygen atoms in total. The molecule has 4 heteroatoms. The average molecular weight is 199 g/mol. The molecule has 0 aliphatic heterocycles. The monoisotopic (exact) mass is 198 g/mol. The summed E-state index contributed by atoms with van der Waals surface area (Å²) < 4.78 is 4.98. The van der Waals surface area contributed by atoms with Crippen molar-refractivity contribution in [2.45, 2.75) is 6.04 Å². The molecule has 1 aromatic carbocycles. The largest absolute Gasteiger partial charge is 0.497 e. The molecule has 1 atom stereocenters. The maximum Gasteiger partial charge on any atom is 0.119 e. The number of nitriles is 1. The lowest BCUT2D eigenvalue weighted by Crippen LogP contribution is -2.06. The summed E-state index contributed by atoms with van der Waals surface area (Å²) in [5.41, 5.74) is 6.28. The van der Waals surface area contributed by atoms with Crippen LogP contribution in [0.15, 0.2) is 24.3 Å². The number of hydrogen-bond donors (Lipinski definition) is 1. The minimum atomic E-state index is -0.569. The van der Waals surface area contributed by atoms with Gasteiger partial charge < -0.3 is 10.5 Å². The van der Waals surface area contributed by atoms with E-state index in [-0.39, 0.29) is 12.4 Å². The van der Waals surface area contributed by atoms with Crippen LogP contribution in [-0.4, -0.2) is 7.11 Å². The van der Waals surface area contributed by atoms with Gasteiger partial charge in [-0.25, -0.2) is 0 Å². The second-order valence-corrected chi connectivity index (χ2v) is 2.38. The number of methoxy groups -OCH3 is 1. The van der Waals surface area contributed by atoms with E-state index in [0.29, 0.717) is 0 Å². The Bertz CT molecular complexity index is 309. The number of ether oxygens (including phenoxy) is 1. The van der Waals surface area contributed by atoms with Crippen LogP contribution in [-0.2, 0) is 0 Å². The van der Waals surface area contributed by atoms with Gasteiger partial charge in [-0.05, 0) is 17.7 Å². The maximum absolute atomic E-state index is 8.54. The van der Waals surface area contributed by atoms with E-state index < -0.39 is 6.04 Å². The first-order chi connectivity index (χ1) is 5.77. The number of hydrogen-bond acceptors (Lipinski definition) is 3. The molecule has 0 spiro atoms. The quantitative estimate of drug-likeness (QED) is 0.786. The number of nitrogens with two attached hydrogens (primary N) is 1. The number of nitrogens with zero attached hydrogens (tertiary/aromatic N) is 1. The summed E-state index contributed by atoms with van der Waals surface area (Å²) in [6, 6.07) is 8.57. The Balaban J connectivity index is 0.00000144. The normalized spacial score (nSPS) is 10.8. The first-order valence-electron chi connectivity index (χ1n) is 3.57. The molecule has 70 valence electrons. The predicted octanol–water partition coefficient (Wildman–Crippen LogP) is 1.64. The fourth-order valence-electron chi connectivity index (χ4n) is 0.910. The van der Waals surface area contributed by atoms with E-state index in [9.17, 15) is 0 Å². The van der Waals surface area contributed by atoms with Gasteiger partial charge in [0.2, 0.25) is 0 Å². The van der Waals surface area contributed by atoms with E-state index in [4.69, 9.17) is 15.7 Å². The molecule has 0 unspecified atom stereocenters. The fraction of sp³-hybridized carbons (Fsp3) is 0.222. The maximum atomic E-state index is 8.54. The van der Waals surface area contributed by atoms with Gasteiger partial charge in [-0.1, -0.05) is 12.1 Å². The van der Waals surface area contributed by atoms with Gasteiger partial charge in [-0.15, -0.1) is 12.4 Å². The van der Waals surface area contributed by atoms with Crippen LogP contribution >= 0.6 is 12.4 Å². The lowest BCUT2D eigenvalue weighted by atomic mass is 10.1. The zero-order valence-corrected chi connectivity index (χ0v) is 8.04. The lowest BCUT2D eigenvalue weighted by Gasteiger charge is -2.04. The standard InChI is InChI=1S/C9H10N2O.ClH/c1-12-8-4-2-3-7(5-8)9(11)6-10;/h2-5,9H,11H2,1H3;1H/t9-;/m0./s1. The summed E-state index contributed by atoms with van der Waals surface area (Å²) in [5, 5.41) is 8.54. The van der Waals surface area contributed by atoms with Crippen LogP contribution in [0.2, 0.25) is 0 Å². The minimum absolute atomic E-state index is 0. The molecule has 0 aromatic heterocycles. The average Bonchev–Trinajstić information content (AvgIpc) is 2.17. The van der Waals surface area contributed by atoms with Gasteiger partial charge in [0.25, 0.3) is 0 Å². The molecule has 0 radical (unpaired) electrons. The van der Waals surface area contributed by atoms with Gasteiger partial charge in [0, 0.05) is 0 Å². The van der Waals surface area contributed by atoms with Gasteiger partial charge in [0.05, 0.1) is 13.2 Å². The van der Waals surface area contributed by atoms with Gasteiger partial charge in [0.1, 0.15) is 11.8 Å². The van der Waals surface area contributed by atoms with Gasteiger partial charge in [0.15, 0.2) is 0 Å². The summed E-state index contributed by atoms with van der Waals surface area (Å²) in [7, 11) is 1.58. The summed E-state index contributed by atoms with van der Waals surface area (Å²) in [6.07, 6.45) is 0. The topological polar surface area (TPSA) is 59.0 Å². The van der Waals surface area contributed by atoms with Crippen molar-refractivity contribution >= 4 is 12.4 Å². The van der Waals surface area contributed by atoms with Gasteiger partial charge >= 0.3 is 0 Å². The van der Waals surface area contributed by atoms with Crippen LogP contribution in [0.1, 0.15) is 11.6 Å². The third-order valence-corrected chi connectivity index (χ3v) is 1.59. The molecule has 13 heavy (non-hydrogen) atoms. The molecular weight excluding hydrogens is 188 g/mol. The second kappa shape index (κ2) is 5.41. The summed E-state index contributed by atoms with van der Waals surface area (Å²) in [4.78, 5) is 0. The molecule has 0 amide bonds. The molecule has 1 aromatic rings. The van der Waals surface area contributed by atoms with Crippen LogP contribution in [0, 0.1) is 11.3 Å². The molecule has 1 rings (SSSR count). The minimum Gasteiger partial charge on any atom is -0.497 e. The first kappa shape index (κ1) is 11.8. The van der Waals surface area contributed by atoms with Crippen molar-refractivity contribution in [3.05, 3.63) is 29.8 Å². The smallest absolute Gasteiger partial charge is 0.119 e. The molecule has 0 bridgehead atoms. The van der Waals surface area contributed by atoms with Crippen LogP contribution in [0.4, 0.5) is 0 Å². The van der Waals surface area contributed by atoms with Gasteiger partial charge in [-0.2, -0.15) is 5.26 Å². The fourth-order valence-corrected chi connectivity index (χ4v) is 0.910. The van der Waals surface area contributed by atoms with Crippen molar-refractivity contribution in [3.63, 3.8) is 0 Å². The van der Waals surface area contributed by atoms with Crippen molar-refractivity contribution in [1.82, 2.24) is 0 Å². The van der Waals surface area contributed by atoms with E-state index in [1.54, 1.807) is 19.2 Å². The Morgan fingerprint density at radius 3 is 2.77 bits per heavy atom. The molecule has 0 aliphatic carbocycles. The number of rotatable bonds is 2. The predicted molar refractivity (Wildman–Crippen MR) is 52.8 cm³/mol. The van der Waals surface area contributed by atoms with E-state index in [2.05, 4.69) is 0 Å². The van der Waals surface area contributed by atoms with Crippen LogP contribution in [0.3, 0.4) is 0 Å². The molecule has 0 saturated heterocycles. The molecule has 2 N–H and O–H groups in total. The highest BCUT2D eigenvalue weighted by molar-refractivity contribution is 5.85. The Labute approximate surface area is 83.5 Å². The van der Waals surface area contributed by atoms with E-state index in [1.165, 1.54) is 0 Å². The summed E-state index contributed by atoms with van der Waals surface area (Å²) in [5.74, 6) is 0.721. The summed E-state index contributed by atoms with van der Waals surface area (Å²) in [6.45, 7) is 0. The second-order valence-electron chi connectivity index (χ2n) is 2.38. The van der Waals surface area contributed by atoms with Crippen molar-refractivity contribution in [3.8, 4) is 11.8 Å². The van der Waals surface area contributed by atoms with Crippen molar-refractivity contribution in [2.75, 3.05) is 7.11 Å². The van der Waals surface area contributed by atoms with Crippen molar-refractivity contribution in [1.29, 1.82) is 5.26 Å². The third kappa shape index (κ3) is 2.94. The Hall–Kier alpha value is -1.24. The molecular formula is C9H11ClN2O. The highest BCUT2D eigenvalue weighted by Gasteiger charge is 2.03. The number of halogens is 1. The highest BCUT2D eigenvalue weighted by Crippen LogP contribution is 2.16. The third-order valence-electron chi connectivity index (χ3n) is 1.59. The molecule has 0 aliphatic rings.